The molecule has 1 amide bonds. The predicted molar refractivity (Wildman–Crippen MR) is 95.6 cm³/mol. The smallest absolute Gasteiger partial charge is 0.270 e. The molecule has 6 heteroatoms. The zero-order valence-electron chi connectivity index (χ0n) is 14.0. The third-order valence-corrected chi connectivity index (χ3v) is 4.73. The van der Waals surface area contributed by atoms with Crippen molar-refractivity contribution in [1.29, 1.82) is 0 Å². The lowest BCUT2D eigenvalue weighted by molar-refractivity contribution is 0.0946. The second kappa shape index (κ2) is 6.70. The Kier molecular flexibility index (Phi) is 4.26. The van der Waals surface area contributed by atoms with Crippen LogP contribution in [0.25, 0.3) is 0 Å². The van der Waals surface area contributed by atoms with E-state index in [1.54, 1.807) is 18.3 Å². The maximum atomic E-state index is 13.9. The van der Waals surface area contributed by atoms with Crippen LogP contribution >= 0.6 is 0 Å². The van der Waals surface area contributed by atoms with Crippen molar-refractivity contribution in [3.8, 4) is 0 Å². The number of hydrogen-bond donors (Lipinski definition) is 1. The van der Waals surface area contributed by atoms with Crippen LogP contribution in [0.15, 0.2) is 42.6 Å². The monoisotopic (exact) mass is 340 g/mol. The highest BCUT2D eigenvalue weighted by Crippen LogP contribution is 2.23. The molecule has 1 aliphatic heterocycles. The molecule has 1 N–H and O–H groups in total. The molecule has 1 aliphatic carbocycles. The second-order valence-electron chi connectivity index (χ2n) is 6.57. The highest BCUT2D eigenvalue weighted by Gasteiger charge is 2.24. The summed E-state index contributed by atoms with van der Waals surface area (Å²) in [5, 5.41) is 2.94. The molecule has 0 unspecified atom stereocenters. The maximum Gasteiger partial charge on any atom is 0.270 e. The Morgan fingerprint density at radius 1 is 1.04 bits per heavy atom. The maximum absolute atomic E-state index is 13.9. The fraction of sp³-hybridized carbons (Fsp3) is 0.368. The molecule has 0 radical (unpaired) electrons. The first kappa shape index (κ1) is 15.9. The van der Waals surface area contributed by atoms with E-state index in [0.29, 0.717) is 17.4 Å². The Balaban J connectivity index is 1.37. The van der Waals surface area contributed by atoms with Crippen LogP contribution < -0.4 is 15.1 Å². The molecule has 0 atom stereocenters. The third kappa shape index (κ3) is 3.57. The first-order valence-electron chi connectivity index (χ1n) is 8.72. The van der Waals surface area contributed by atoms with Crippen LogP contribution in [0, 0.1) is 5.82 Å². The number of carbonyl (C=O) groups excluding carboxylic acids is 1. The molecule has 25 heavy (non-hydrogen) atoms. The van der Waals surface area contributed by atoms with E-state index in [0.717, 1.165) is 44.7 Å². The van der Waals surface area contributed by atoms with Gasteiger partial charge in [-0.25, -0.2) is 9.37 Å². The quantitative estimate of drug-likeness (QED) is 0.929. The number of hydrogen-bond acceptors (Lipinski definition) is 4. The third-order valence-electron chi connectivity index (χ3n) is 4.73. The van der Waals surface area contributed by atoms with Gasteiger partial charge >= 0.3 is 0 Å². The number of nitrogens with one attached hydrogen (secondary N) is 1. The van der Waals surface area contributed by atoms with Crippen molar-refractivity contribution in [1.82, 2.24) is 10.3 Å². The van der Waals surface area contributed by atoms with Crippen LogP contribution in [0.2, 0.25) is 0 Å². The van der Waals surface area contributed by atoms with E-state index in [1.807, 2.05) is 18.2 Å². The van der Waals surface area contributed by atoms with Gasteiger partial charge in [0.05, 0.1) is 17.6 Å². The summed E-state index contributed by atoms with van der Waals surface area (Å²) < 4.78 is 13.9. The van der Waals surface area contributed by atoms with E-state index < -0.39 is 0 Å². The summed E-state index contributed by atoms with van der Waals surface area (Å²) in [6.45, 7) is 3.10. The molecular weight excluding hydrogens is 319 g/mol. The summed E-state index contributed by atoms with van der Waals surface area (Å²) in [4.78, 5) is 20.6. The van der Waals surface area contributed by atoms with Gasteiger partial charge in [-0.1, -0.05) is 12.1 Å². The van der Waals surface area contributed by atoms with E-state index >= 15 is 0 Å². The van der Waals surface area contributed by atoms with Gasteiger partial charge in [-0.05, 0) is 37.1 Å². The predicted octanol–water partition coefficient (Wildman–Crippen LogP) is 2.44. The summed E-state index contributed by atoms with van der Waals surface area (Å²) >= 11 is 0. The van der Waals surface area contributed by atoms with Crippen molar-refractivity contribution in [2.45, 2.75) is 18.9 Å². The molecule has 2 fully saturated rings. The van der Waals surface area contributed by atoms with Crippen LogP contribution in [-0.4, -0.2) is 43.1 Å². The van der Waals surface area contributed by atoms with Crippen molar-refractivity contribution in [3.63, 3.8) is 0 Å². The molecular formula is C19H21FN4O. The van der Waals surface area contributed by atoms with Gasteiger partial charge in [-0.15, -0.1) is 0 Å². The van der Waals surface area contributed by atoms with Crippen molar-refractivity contribution in [2.24, 2.45) is 0 Å². The van der Waals surface area contributed by atoms with Gasteiger partial charge in [-0.3, -0.25) is 4.79 Å². The Hall–Kier alpha value is -2.63. The van der Waals surface area contributed by atoms with Gasteiger partial charge in [0.2, 0.25) is 0 Å². The second-order valence-corrected chi connectivity index (χ2v) is 6.57. The topological polar surface area (TPSA) is 48.5 Å². The molecule has 2 aliphatic rings. The largest absolute Gasteiger partial charge is 0.367 e. The number of aromatic nitrogens is 1. The van der Waals surface area contributed by atoms with E-state index in [4.69, 9.17) is 0 Å². The lowest BCUT2D eigenvalue weighted by Crippen LogP contribution is -2.46. The van der Waals surface area contributed by atoms with E-state index in [2.05, 4.69) is 20.1 Å². The summed E-state index contributed by atoms with van der Waals surface area (Å²) in [5.41, 5.74) is 2.11. The minimum Gasteiger partial charge on any atom is -0.367 e. The minimum atomic E-state index is -0.177. The molecule has 4 rings (SSSR count). The molecule has 1 aromatic heterocycles. The Morgan fingerprint density at radius 2 is 1.76 bits per heavy atom. The van der Waals surface area contributed by atoms with Gasteiger partial charge in [-0.2, -0.15) is 0 Å². The van der Waals surface area contributed by atoms with E-state index in [-0.39, 0.29) is 11.7 Å². The first-order chi connectivity index (χ1) is 12.2. The number of para-hydroxylation sites is 1. The number of anilines is 2. The average molecular weight is 340 g/mol. The fourth-order valence-electron chi connectivity index (χ4n) is 3.11. The van der Waals surface area contributed by atoms with Gasteiger partial charge in [0.1, 0.15) is 11.5 Å². The number of pyridine rings is 1. The van der Waals surface area contributed by atoms with Crippen molar-refractivity contribution in [3.05, 3.63) is 54.1 Å². The summed E-state index contributed by atoms with van der Waals surface area (Å²) in [6.07, 6.45) is 3.88. The first-order valence-corrected chi connectivity index (χ1v) is 8.72. The molecule has 1 saturated heterocycles. The van der Waals surface area contributed by atoms with Gasteiger partial charge in [0.15, 0.2) is 0 Å². The number of rotatable bonds is 4. The molecule has 1 aromatic carbocycles. The Labute approximate surface area is 146 Å². The van der Waals surface area contributed by atoms with Crippen LogP contribution in [0.3, 0.4) is 0 Å². The number of amides is 1. The standard InChI is InChI=1S/C19H21FN4O/c20-16-3-1-2-4-18(16)24-11-9-23(10-12-24)15-7-8-17(21-13-15)19(25)22-14-5-6-14/h1-4,7-8,13-14H,5-6,9-12H2,(H,22,25). The van der Waals surface area contributed by atoms with Gasteiger partial charge in [0, 0.05) is 32.2 Å². The zero-order valence-corrected chi connectivity index (χ0v) is 14.0. The van der Waals surface area contributed by atoms with Gasteiger partial charge in [0.25, 0.3) is 5.91 Å². The summed E-state index contributed by atoms with van der Waals surface area (Å²) in [6, 6.07) is 10.9. The molecule has 130 valence electrons. The molecule has 1 saturated carbocycles. The molecule has 2 heterocycles. The minimum absolute atomic E-state index is 0.0987. The number of carbonyl (C=O) groups is 1. The van der Waals surface area contributed by atoms with E-state index in [9.17, 15) is 9.18 Å². The molecule has 0 spiro atoms. The van der Waals surface area contributed by atoms with Crippen LogP contribution in [0.1, 0.15) is 23.3 Å². The van der Waals surface area contributed by atoms with Crippen molar-refractivity contribution < 1.29 is 9.18 Å². The summed E-state index contributed by atoms with van der Waals surface area (Å²) in [7, 11) is 0. The highest BCUT2D eigenvalue weighted by molar-refractivity contribution is 5.92. The number of nitrogens with zero attached hydrogens (tertiary/aromatic N) is 3. The molecule has 2 aromatic rings. The highest BCUT2D eigenvalue weighted by atomic mass is 19.1. The van der Waals surface area contributed by atoms with Crippen molar-refractivity contribution in [2.75, 3.05) is 36.0 Å². The number of halogens is 1. The SMILES string of the molecule is O=C(NC1CC1)c1ccc(N2CCN(c3ccccc3F)CC2)cn1. The van der Waals surface area contributed by atoms with Gasteiger partial charge < -0.3 is 15.1 Å². The number of piperazine rings is 1. The Bertz CT molecular complexity index is 752. The summed E-state index contributed by atoms with van der Waals surface area (Å²) in [5.74, 6) is -0.276. The van der Waals surface area contributed by atoms with Crippen LogP contribution in [0.4, 0.5) is 15.8 Å². The number of benzene rings is 1. The van der Waals surface area contributed by atoms with E-state index in [1.165, 1.54) is 6.07 Å². The lowest BCUT2D eigenvalue weighted by atomic mass is 10.2. The Morgan fingerprint density at radius 3 is 2.40 bits per heavy atom. The molecule has 5 nitrogen and oxygen atoms in total. The van der Waals surface area contributed by atoms with Crippen LogP contribution in [0.5, 0.6) is 0 Å². The fourth-order valence-corrected chi connectivity index (χ4v) is 3.11. The zero-order chi connectivity index (χ0) is 17.2. The average Bonchev–Trinajstić information content (AvgIpc) is 3.46. The normalized spacial score (nSPS) is 17.5. The molecule has 0 bridgehead atoms. The lowest BCUT2D eigenvalue weighted by Gasteiger charge is -2.37. The van der Waals surface area contributed by atoms with Crippen LogP contribution in [-0.2, 0) is 0 Å². The van der Waals surface area contributed by atoms with Crippen molar-refractivity contribution >= 4 is 17.3 Å².